The first-order valence-corrected chi connectivity index (χ1v) is 8.76. The summed E-state index contributed by atoms with van der Waals surface area (Å²) in [6, 6.07) is 20.9. The fraction of sp³-hybridized carbons (Fsp3) is 0.238. The van der Waals surface area contributed by atoms with Crippen molar-refractivity contribution in [3.05, 3.63) is 89.4 Å². The summed E-state index contributed by atoms with van der Waals surface area (Å²) < 4.78 is 0. The zero-order valence-electron chi connectivity index (χ0n) is 14.2. The second-order valence-corrected chi connectivity index (χ2v) is 6.42. The van der Waals surface area contributed by atoms with E-state index in [1.54, 1.807) is 0 Å². The average molecular weight is 330 g/mol. The predicted molar refractivity (Wildman–Crippen MR) is 100 cm³/mol. The first kappa shape index (κ1) is 15.8. The van der Waals surface area contributed by atoms with Crippen molar-refractivity contribution < 1.29 is 0 Å². The molecule has 0 fully saturated rings. The van der Waals surface area contributed by atoms with Crippen LogP contribution in [0.15, 0.2) is 66.9 Å². The van der Waals surface area contributed by atoms with Gasteiger partial charge in [-0.2, -0.15) is 0 Å². The number of aromatic nitrogens is 2. The molecule has 0 aliphatic carbocycles. The van der Waals surface area contributed by atoms with Crippen molar-refractivity contribution in [1.29, 1.82) is 0 Å². The Morgan fingerprint density at radius 2 is 1.84 bits per heavy atom. The van der Waals surface area contributed by atoms with Gasteiger partial charge in [0.15, 0.2) is 0 Å². The van der Waals surface area contributed by atoms with Crippen molar-refractivity contribution in [2.24, 2.45) is 0 Å². The number of hydrogen-bond donors (Lipinski definition) is 1. The lowest BCUT2D eigenvalue weighted by atomic mass is 10.0. The molecule has 25 heavy (non-hydrogen) atoms. The number of fused-ring (bicyclic) bond motifs is 1. The van der Waals surface area contributed by atoms with E-state index in [2.05, 4.69) is 57.7 Å². The monoisotopic (exact) mass is 330 g/mol. The van der Waals surface area contributed by atoms with Crippen molar-refractivity contribution in [2.75, 3.05) is 11.9 Å². The number of rotatable bonds is 5. The Hall–Kier alpha value is -2.72. The van der Waals surface area contributed by atoms with Crippen molar-refractivity contribution in [3.8, 4) is 0 Å². The summed E-state index contributed by atoms with van der Waals surface area (Å²) in [4.78, 5) is 11.6. The molecule has 0 spiro atoms. The molecule has 2 aromatic heterocycles. The number of nitrogens with one attached hydrogen (secondary N) is 1. The number of benzene rings is 1. The van der Waals surface area contributed by atoms with E-state index in [1.165, 1.54) is 16.8 Å². The lowest BCUT2D eigenvalue weighted by Gasteiger charge is -2.28. The van der Waals surface area contributed by atoms with Gasteiger partial charge in [-0.15, -0.1) is 0 Å². The fourth-order valence-electron chi connectivity index (χ4n) is 3.23. The molecule has 0 radical (unpaired) electrons. The summed E-state index contributed by atoms with van der Waals surface area (Å²) in [5.41, 5.74) is 4.95. The van der Waals surface area contributed by atoms with E-state index in [4.69, 9.17) is 4.98 Å². The molecule has 1 N–H and O–H groups in total. The molecule has 1 aliphatic heterocycles. The topological polar surface area (TPSA) is 41.1 Å². The van der Waals surface area contributed by atoms with Gasteiger partial charge in [-0.05, 0) is 29.3 Å². The summed E-state index contributed by atoms with van der Waals surface area (Å²) >= 11 is 0. The van der Waals surface area contributed by atoms with Crippen molar-refractivity contribution >= 4 is 5.82 Å². The number of nitrogens with zero attached hydrogens (tertiary/aromatic N) is 3. The Balaban J connectivity index is 1.39. The van der Waals surface area contributed by atoms with Crippen LogP contribution in [0.2, 0.25) is 0 Å². The minimum absolute atomic E-state index is 0.701. The van der Waals surface area contributed by atoms with Crippen molar-refractivity contribution in [2.45, 2.75) is 26.1 Å². The van der Waals surface area contributed by atoms with Gasteiger partial charge in [0.25, 0.3) is 0 Å². The van der Waals surface area contributed by atoms with Gasteiger partial charge in [-0.25, -0.2) is 4.98 Å². The maximum atomic E-state index is 4.80. The van der Waals surface area contributed by atoms with Crippen LogP contribution in [0, 0.1) is 0 Å². The highest BCUT2D eigenvalue weighted by atomic mass is 15.1. The second-order valence-electron chi connectivity index (χ2n) is 6.42. The van der Waals surface area contributed by atoms with E-state index in [0.29, 0.717) is 6.54 Å². The van der Waals surface area contributed by atoms with Crippen LogP contribution in [-0.4, -0.2) is 21.4 Å². The standard InChI is InChI=1S/C21H22N4/c1-2-6-17(7-3-1)15-25-13-11-20-18(16-25)9-10-21(24-20)23-14-19-8-4-5-12-22-19/h1-10,12H,11,13-16H2,(H,23,24). The molecule has 0 saturated heterocycles. The highest BCUT2D eigenvalue weighted by molar-refractivity contribution is 5.40. The van der Waals surface area contributed by atoms with Crippen molar-refractivity contribution in [3.63, 3.8) is 0 Å². The smallest absolute Gasteiger partial charge is 0.126 e. The molecule has 0 unspecified atom stereocenters. The third-order valence-electron chi connectivity index (χ3n) is 4.55. The molecular weight excluding hydrogens is 308 g/mol. The first-order chi connectivity index (χ1) is 12.4. The molecule has 0 amide bonds. The third-order valence-corrected chi connectivity index (χ3v) is 4.55. The van der Waals surface area contributed by atoms with Gasteiger partial charge in [0.05, 0.1) is 12.2 Å². The summed E-state index contributed by atoms with van der Waals surface area (Å²) in [6.45, 7) is 3.73. The van der Waals surface area contributed by atoms with Crippen LogP contribution in [-0.2, 0) is 26.1 Å². The zero-order chi connectivity index (χ0) is 16.9. The van der Waals surface area contributed by atoms with Crippen LogP contribution in [0.5, 0.6) is 0 Å². The molecule has 4 rings (SSSR count). The van der Waals surface area contributed by atoms with Gasteiger partial charge in [-0.1, -0.05) is 42.5 Å². The molecule has 4 nitrogen and oxygen atoms in total. The number of anilines is 1. The Bertz CT molecular complexity index is 818. The van der Waals surface area contributed by atoms with E-state index in [9.17, 15) is 0 Å². The number of pyridine rings is 2. The summed E-state index contributed by atoms with van der Waals surface area (Å²) in [7, 11) is 0. The highest BCUT2D eigenvalue weighted by Crippen LogP contribution is 2.21. The Morgan fingerprint density at radius 3 is 2.68 bits per heavy atom. The highest BCUT2D eigenvalue weighted by Gasteiger charge is 2.17. The SMILES string of the molecule is c1ccc(CN2CCc3nc(NCc4ccccn4)ccc3C2)cc1. The van der Waals surface area contributed by atoms with Gasteiger partial charge in [0, 0.05) is 37.9 Å². The van der Waals surface area contributed by atoms with Crippen molar-refractivity contribution in [1.82, 2.24) is 14.9 Å². The van der Waals surface area contributed by atoms with E-state index in [0.717, 1.165) is 37.6 Å². The van der Waals surface area contributed by atoms with E-state index in [1.807, 2.05) is 24.4 Å². The van der Waals surface area contributed by atoms with E-state index in [-0.39, 0.29) is 0 Å². The molecule has 1 aromatic carbocycles. The molecular formula is C21H22N4. The first-order valence-electron chi connectivity index (χ1n) is 8.76. The summed E-state index contributed by atoms with van der Waals surface area (Å²) in [5, 5.41) is 3.37. The molecule has 0 saturated carbocycles. The van der Waals surface area contributed by atoms with E-state index >= 15 is 0 Å². The number of hydrogen-bond acceptors (Lipinski definition) is 4. The molecule has 1 aliphatic rings. The lowest BCUT2D eigenvalue weighted by Crippen LogP contribution is -2.30. The normalized spacial score (nSPS) is 14.1. The Morgan fingerprint density at radius 1 is 0.960 bits per heavy atom. The Labute approximate surface area is 148 Å². The Kier molecular flexibility index (Phi) is 4.70. The second kappa shape index (κ2) is 7.45. The van der Waals surface area contributed by atoms with Crippen LogP contribution in [0.3, 0.4) is 0 Å². The van der Waals surface area contributed by atoms with Crippen LogP contribution in [0.25, 0.3) is 0 Å². The van der Waals surface area contributed by atoms with Gasteiger partial charge in [0.1, 0.15) is 5.82 Å². The molecule has 126 valence electrons. The fourth-order valence-corrected chi connectivity index (χ4v) is 3.23. The minimum atomic E-state index is 0.701. The van der Waals surface area contributed by atoms with Gasteiger partial charge >= 0.3 is 0 Å². The molecule has 3 aromatic rings. The summed E-state index contributed by atoms with van der Waals surface area (Å²) in [6.07, 6.45) is 2.82. The zero-order valence-corrected chi connectivity index (χ0v) is 14.2. The van der Waals surface area contributed by atoms with E-state index < -0.39 is 0 Å². The molecule has 0 atom stereocenters. The van der Waals surface area contributed by atoms with Crippen LogP contribution in [0.1, 0.15) is 22.5 Å². The summed E-state index contributed by atoms with van der Waals surface area (Å²) in [5.74, 6) is 0.931. The lowest BCUT2D eigenvalue weighted by molar-refractivity contribution is 0.243. The van der Waals surface area contributed by atoms with Crippen LogP contribution < -0.4 is 5.32 Å². The van der Waals surface area contributed by atoms with Gasteiger partial charge in [0.2, 0.25) is 0 Å². The third kappa shape index (κ3) is 4.03. The average Bonchev–Trinajstić information content (AvgIpc) is 2.68. The van der Waals surface area contributed by atoms with Crippen LogP contribution in [0.4, 0.5) is 5.82 Å². The van der Waals surface area contributed by atoms with Gasteiger partial charge < -0.3 is 5.32 Å². The largest absolute Gasteiger partial charge is 0.364 e. The predicted octanol–water partition coefficient (Wildman–Crippen LogP) is 3.65. The molecule has 3 heterocycles. The molecule has 4 heteroatoms. The maximum Gasteiger partial charge on any atom is 0.126 e. The molecule has 0 bridgehead atoms. The quantitative estimate of drug-likeness (QED) is 0.775. The minimum Gasteiger partial charge on any atom is -0.364 e. The van der Waals surface area contributed by atoms with Crippen LogP contribution >= 0.6 is 0 Å². The maximum absolute atomic E-state index is 4.80. The van der Waals surface area contributed by atoms with Gasteiger partial charge in [-0.3, -0.25) is 9.88 Å².